The summed E-state index contributed by atoms with van der Waals surface area (Å²) in [6.07, 6.45) is 6.29. The highest BCUT2D eigenvalue weighted by atomic mass is 35.5. The van der Waals surface area contributed by atoms with Gasteiger partial charge >= 0.3 is 0 Å². The van der Waals surface area contributed by atoms with Gasteiger partial charge < -0.3 is 11.1 Å². The number of fused-ring (bicyclic) bond motifs is 1. The Hall–Kier alpha value is -4.74. The lowest BCUT2D eigenvalue weighted by atomic mass is 10.1. The monoisotopic (exact) mass is 573 g/mol. The van der Waals surface area contributed by atoms with Crippen LogP contribution in [-0.4, -0.2) is 32.1 Å². The van der Waals surface area contributed by atoms with Crippen LogP contribution in [0.15, 0.2) is 102 Å². The molecule has 3 aromatic heterocycles. The summed E-state index contributed by atoms with van der Waals surface area (Å²) in [4.78, 5) is 9.05. The third kappa shape index (κ3) is 4.76. The maximum absolute atomic E-state index is 13.8. The standard InChI is InChI=1S/C28H21ClFN7O2S/c29-23-14-32-28(34-19-13-33-36(16-19)15-18-10-11-25(31)24(30)12-18)35-27(23)22-17-37(26-9-5-4-8-21(22)26)40(38,39)20-6-2-1-3-7-20/h1-14,16-17H,15,31H2,(H,32,34,35). The van der Waals surface area contributed by atoms with Crippen molar-refractivity contribution in [1.29, 1.82) is 0 Å². The van der Waals surface area contributed by atoms with E-state index in [1.807, 2.05) is 12.1 Å². The number of hydrogen-bond donors (Lipinski definition) is 2. The number of benzene rings is 3. The second kappa shape index (κ2) is 10.1. The Morgan fingerprint density at radius 3 is 2.55 bits per heavy atom. The van der Waals surface area contributed by atoms with Crippen molar-refractivity contribution in [3.63, 3.8) is 0 Å². The van der Waals surface area contributed by atoms with E-state index in [9.17, 15) is 12.8 Å². The molecule has 12 heteroatoms. The van der Waals surface area contributed by atoms with Gasteiger partial charge in [0.1, 0.15) is 5.82 Å². The largest absolute Gasteiger partial charge is 0.396 e. The summed E-state index contributed by atoms with van der Waals surface area (Å²) in [6, 6.07) is 20.0. The summed E-state index contributed by atoms with van der Waals surface area (Å²) < 4.78 is 43.7. The second-order valence-corrected chi connectivity index (χ2v) is 11.2. The Balaban J connectivity index is 1.33. The first kappa shape index (κ1) is 25.5. The highest BCUT2D eigenvalue weighted by molar-refractivity contribution is 7.90. The number of rotatable bonds is 7. The van der Waals surface area contributed by atoms with Gasteiger partial charge in [-0.05, 0) is 35.9 Å². The van der Waals surface area contributed by atoms with Crippen molar-refractivity contribution in [2.45, 2.75) is 11.4 Å². The lowest BCUT2D eigenvalue weighted by molar-refractivity contribution is 0.589. The number of aromatic nitrogens is 5. The molecule has 0 aliphatic carbocycles. The Morgan fingerprint density at radius 1 is 0.975 bits per heavy atom. The fourth-order valence-electron chi connectivity index (χ4n) is 4.36. The molecule has 3 N–H and O–H groups in total. The van der Waals surface area contributed by atoms with E-state index in [1.165, 1.54) is 28.5 Å². The van der Waals surface area contributed by atoms with E-state index >= 15 is 0 Å². The van der Waals surface area contributed by atoms with Crippen LogP contribution in [0, 0.1) is 5.82 Å². The minimum absolute atomic E-state index is 0.0862. The van der Waals surface area contributed by atoms with Gasteiger partial charge in [-0.15, -0.1) is 0 Å². The molecule has 40 heavy (non-hydrogen) atoms. The van der Waals surface area contributed by atoms with Gasteiger partial charge in [0.2, 0.25) is 5.95 Å². The van der Waals surface area contributed by atoms with Crippen molar-refractivity contribution in [2.24, 2.45) is 0 Å². The first-order chi connectivity index (χ1) is 19.3. The van der Waals surface area contributed by atoms with Crippen molar-refractivity contribution < 1.29 is 12.8 Å². The van der Waals surface area contributed by atoms with Crippen molar-refractivity contribution in [1.82, 2.24) is 23.7 Å². The molecule has 3 aromatic carbocycles. The number of nitrogens with zero attached hydrogens (tertiary/aromatic N) is 5. The molecule has 0 saturated carbocycles. The minimum atomic E-state index is -3.88. The maximum atomic E-state index is 13.8. The van der Waals surface area contributed by atoms with Crippen LogP contribution >= 0.6 is 11.6 Å². The normalized spacial score (nSPS) is 11.7. The van der Waals surface area contributed by atoms with Crippen molar-refractivity contribution >= 4 is 49.9 Å². The minimum Gasteiger partial charge on any atom is -0.396 e. The van der Waals surface area contributed by atoms with Crippen LogP contribution in [0.2, 0.25) is 5.02 Å². The highest BCUT2D eigenvalue weighted by Gasteiger charge is 2.23. The van der Waals surface area contributed by atoms with Gasteiger partial charge in [0.25, 0.3) is 10.0 Å². The number of hydrogen-bond acceptors (Lipinski definition) is 7. The van der Waals surface area contributed by atoms with Crippen LogP contribution in [0.25, 0.3) is 22.2 Å². The van der Waals surface area contributed by atoms with Crippen molar-refractivity contribution in [3.8, 4) is 11.3 Å². The molecule has 6 rings (SSSR count). The predicted octanol–water partition coefficient (Wildman–Crippen LogP) is 5.70. The van der Waals surface area contributed by atoms with Gasteiger partial charge in [-0.3, -0.25) is 4.68 Å². The van der Waals surface area contributed by atoms with E-state index in [0.717, 1.165) is 0 Å². The van der Waals surface area contributed by atoms with Gasteiger partial charge in [-0.2, -0.15) is 5.10 Å². The molecule has 0 atom stereocenters. The molecule has 0 unspecified atom stereocenters. The number of para-hydroxylation sites is 1. The Labute approximate surface area is 233 Å². The molecule has 0 bridgehead atoms. The van der Waals surface area contributed by atoms with Gasteiger partial charge in [0, 0.05) is 23.3 Å². The number of nitrogens with one attached hydrogen (secondary N) is 1. The van der Waals surface area contributed by atoms with Gasteiger partial charge in [-0.25, -0.2) is 26.7 Å². The molecule has 0 aliphatic heterocycles. The number of anilines is 3. The van der Waals surface area contributed by atoms with E-state index in [-0.39, 0.29) is 21.6 Å². The summed E-state index contributed by atoms with van der Waals surface area (Å²) >= 11 is 6.53. The summed E-state index contributed by atoms with van der Waals surface area (Å²) in [6.45, 7) is 0.334. The molecule has 9 nitrogen and oxygen atoms in total. The Kier molecular flexibility index (Phi) is 6.45. The molecule has 6 aromatic rings. The van der Waals surface area contributed by atoms with Gasteiger partial charge in [0.15, 0.2) is 0 Å². The van der Waals surface area contributed by atoms with Gasteiger partial charge in [-0.1, -0.05) is 54.1 Å². The van der Waals surface area contributed by atoms with Crippen LogP contribution in [-0.2, 0) is 16.6 Å². The van der Waals surface area contributed by atoms with Crippen molar-refractivity contribution in [2.75, 3.05) is 11.1 Å². The van der Waals surface area contributed by atoms with E-state index in [2.05, 4.69) is 20.4 Å². The molecule has 200 valence electrons. The third-order valence-corrected chi connectivity index (χ3v) is 8.24. The topological polar surface area (TPSA) is 121 Å². The fraction of sp³-hybridized carbons (Fsp3) is 0.0357. The zero-order valence-corrected chi connectivity index (χ0v) is 22.3. The van der Waals surface area contributed by atoms with Crippen LogP contribution in [0.1, 0.15) is 5.56 Å². The molecule has 0 radical (unpaired) electrons. The second-order valence-electron chi connectivity index (χ2n) is 8.97. The molecular formula is C28H21ClFN7O2S. The van der Waals surface area contributed by atoms with E-state index in [4.69, 9.17) is 17.3 Å². The molecule has 0 spiro atoms. The SMILES string of the molecule is Nc1ccc(Cn2cc(Nc3ncc(Cl)c(-c4cn(S(=O)(=O)c5ccccc5)c5ccccc45)n3)cn2)cc1F. The molecule has 3 heterocycles. The van der Waals surface area contributed by atoms with E-state index in [0.29, 0.717) is 40.0 Å². The average molecular weight is 574 g/mol. The molecule has 0 amide bonds. The van der Waals surface area contributed by atoms with Crippen LogP contribution in [0.4, 0.5) is 21.7 Å². The lowest BCUT2D eigenvalue weighted by Crippen LogP contribution is -2.11. The predicted molar refractivity (Wildman–Crippen MR) is 152 cm³/mol. The van der Waals surface area contributed by atoms with Crippen LogP contribution in [0.5, 0.6) is 0 Å². The van der Waals surface area contributed by atoms with E-state index in [1.54, 1.807) is 65.6 Å². The highest BCUT2D eigenvalue weighted by Crippen LogP contribution is 2.36. The zero-order valence-electron chi connectivity index (χ0n) is 20.7. The maximum Gasteiger partial charge on any atom is 0.268 e. The van der Waals surface area contributed by atoms with Crippen LogP contribution < -0.4 is 11.1 Å². The van der Waals surface area contributed by atoms with Crippen molar-refractivity contribution in [3.05, 3.63) is 114 Å². The number of halogens is 2. The fourth-order valence-corrected chi connectivity index (χ4v) is 5.94. The molecular weight excluding hydrogens is 553 g/mol. The molecule has 0 fully saturated rings. The number of nitrogen functional groups attached to an aromatic ring is 1. The molecule has 0 saturated heterocycles. The first-order valence-corrected chi connectivity index (χ1v) is 13.9. The van der Waals surface area contributed by atoms with E-state index < -0.39 is 15.8 Å². The Bertz CT molecular complexity index is 1970. The summed E-state index contributed by atoms with van der Waals surface area (Å²) in [5.41, 5.74) is 8.33. The first-order valence-electron chi connectivity index (χ1n) is 12.1. The van der Waals surface area contributed by atoms with Crippen LogP contribution in [0.3, 0.4) is 0 Å². The lowest BCUT2D eigenvalue weighted by Gasteiger charge is -2.07. The Morgan fingerprint density at radius 2 is 1.75 bits per heavy atom. The third-order valence-electron chi connectivity index (χ3n) is 6.28. The quantitative estimate of drug-likeness (QED) is 0.235. The summed E-state index contributed by atoms with van der Waals surface area (Å²) in [5.74, 6) is -0.247. The zero-order chi connectivity index (χ0) is 27.9. The summed E-state index contributed by atoms with van der Waals surface area (Å²) in [5, 5.41) is 8.32. The van der Waals surface area contributed by atoms with Gasteiger partial charge in [0.05, 0.1) is 51.4 Å². The summed E-state index contributed by atoms with van der Waals surface area (Å²) in [7, 11) is -3.88. The number of nitrogens with two attached hydrogens (primary N) is 1. The smallest absolute Gasteiger partial charge is 0.268 e. The average Bonchev–Trinajstić information content (AvgIpc) is 3.57. The molecule has 0 aliphatic rings.